The minimum absolute atomic E-state index is 0.708. The standard InChI is InChI=1S/C18H24N2/c1-14(2)12-15-4-10-18(11-5-15)20-13-16-6-8-17(19-3)9-7-16/h4-11,14,19-20H,12-13H2,1-3H3. The quantitative estimate of drug-likeness (QED) is 0.803. The van der Waals surface area contributed by atoms with Gasteiger partial charge in [0.2, 0.25) is 0 Å². The van der Waals surface area contributed by atoms with Crippen molar-refractivity contribution in [2.45, 2.75) is 26.8 Å². The molecule has 0 saturated heterocycles. The highest BCUT2D eigenvalue weighted by molar-refractivity contribution is 5.47. The molecule has 0 heterocycles. The van der Waals surface area contributed by atoms with Gasteiger partial charge in [0, 0.05) is 25.0 Å². The van der Waals surface area contributed by atoms with Gasteiger partial charge in [-0.15, -0.1) is 0 Å². The number of anilines is 2. The SMILES string of the molecule is CNc1ccc(CNc2ccc(CC(C)C)cc2)cc1. The van der Waals surface area contributed by atoms with Crippen molar-refractivity contribution in [1.82, 2.24) is 0 Å². The summed E-state index contributed by atoms with van der Waals surface area (Å²) in [5, 5.41) is 6.59. The smallest absolute Gasteiger partial charge is 0.0400 e. The largest absolute Gasteiger partial charge is 0.388 e. The van der Waals surface area contributed by atoms with E-state index >= 15 is 0 Å². The Kier molecular flexibility index (Phi) is 5.05. The first-order chi connectivity index (χ1) is 9.67. The zero-order chi connectivity index (χ0) is 14.4. The summed E-state index contributed by atoms with van der Waals surface area (Å²) in [6.45, 7) is 5.36. The van der Waals surface area contributed by atoms with Crippen LogP contribution in [0.15, 0.2) is 48.5 Å². The molecule has 0 saturated carbocycles. The van der Waals surface area contributed by atoms with Gasteiger partial charge >= 0.3 is 0 Å². The summed E-state index contributed by atoms with van der Waals surface area (Å²) in [4.78, 5) is 0. The van der Waals surface area contributed by atoms with E-state index in [1.54, 1.807) is 0 Å². The van der Waals surface area contributed by atoms with Crippen molar-refractivity contribution in [2.75, 3.05) is 17.7 Å². The lowest BCUT2D eigenvalue weighted by Gasteiger charge is -2.09. The van der Waals surface area contributed by atoms with Crippen LogP contribution >= 0.6 is 0 Å². The molecule has 0 atom stereocenters. The first-order valence-corrected chi connectivity index (χ1v) is 7.27. The molecular weight excluding hydrogens is 244 g/mol. The molecule has 2 aromatic carbocycles. The van der Waals surface area contributed by atoms with Crippen molar-refractivity contribution in [1.29, 1.82) is 0 Å². The van der Waals surface area contributed by atoms with Crippen molar-refractivity contribution in [3.8, 4) is 0 Å². The second-order valence-electron chi connectivity index (χ2n) is 5.60. The van der Waals surface area contributed by atoms with E-state index in [1.165, 1.54) is 16.8 Å². The van der Waals surface area contributed by atoms with E-state index in [2.05, 4.69) is 73.0 Å². The molecule has 2 nitrogen and oxygen atoms in total. The molecule has 0 aliphatic carbocycles. The van der Waals surface area contributed by atoms with E-state index in [9.17, 15) is 0 Å². The summed E-state index contributed by atoms with van der Waals surface area (Å²) < 4.78 is 0. The summed E-state index contributed by atoms with van der Waals surface area (Å²) in [6.07, 6.45) is 1.14. The van der Waals surface area contributed by atoms with Gasteiger partial charge in [-0.3, -0.25) is 0 Å². The molecule has 0 bridgehead atoms. The fourth-order valence-electron chi connectivity index (χ4n) is 2.22. The lowest BCUT2D eigenvalue weighted by Crippen LogP contribution is -2.00. The number of benzene rings is 2. The van der Waals surface area contributed by atoms with Crippen molar-refractivity contribution in [3.05, 3.63) is 59.7 Å². The van der Waals surface area contributed by atoms with Crippen LogP contribution in [0.3, 0.4) is 0 Å². The van der Waals surface area contributed by atoms with Crippen LogP contribution in [-0.2, 0) is 13.0 Å². The van der Waals surface area contributed by atoms with Crippen molar-refractivity contribution in [2.24, 2.45) is 5.92 Å². The predicted octanol–water partition coefficient (Wildman–Crippen LogP) is 4.54. The summed E-state index contributed by atoms with van der Waals surface area (Å²) in [5.74, 6) is 0.708. The first-order valence-electron chi connectivity index (χ1n) is 7.27. The third kappa shape index (κ3) is 4.30. The van der Waals surface area contributed by atoms with Gasteiger partial charge in [-0.2, -0.15) is 0 Å². The first kappa shape index (κ1) is 14.4. The Labute approximate surface area is 122 Å². The zero-order valence-corrected chi connectivity index (χ0v) is 12.6. The molecule has 0 aliphatic heterocycles. The van der Waals surface area contributed by atoms with Crippen molar-refractivity contribution in [3.63, 3.8) is 0 Å². The maximum absolute atomic E-state index is 3.46. The minimum atomic E-state index is 0.708. The van der Waals surface area contributed by atoms with Gasteiger partial charge in [-0.05, 0) is 47.7 Å². The average molecular weight is 268 g/mol. The zero-order valence-electron chi connectivity index (χ0n) is 12.6. The number of nitrogens with one attached hydrogen (secondary N) is 2. The van der Waals surface area contributed by atoms with E-state index in [4.69, 9.17) is 0 Å². The molecule has 0 amide bonds. The van der Waals surface area contributed by atoms with Crippen molar-refractivity contribution < 1.29 is 0 Å². The number of hydrogen-bond acceptors (Lipinski definition) is 2. The predicted molar refractivity (Wildman–Crippen MR) is 88.3 cm³/mol. The van der Waals surface area contributed by atoms with E-state index in [-0.39, 0.29) is 0 Å². The number of rotatable bonds is 6. The van der Waals surface area contributed by atoms with Crippen LogP contribution in [0.25, 0.3) is 0 Å². The highest BCUT2D eigenvalue weighted by Crippen LogP contribution is 2.15. The van der Waals surface area contributed by atoms with Crippen LogP contribution < -0.4 is 10.6 Å². The number of hydrogen-bond donors (Lipinski definition) is 2. The lowest BCUT2D eigenvalue weighted by molar-refractivity contribution is 0.647. The maximum Gasteiger partial charge on any atom is 0.0400 e. The van der Waals surface area contributed by atoms with E-state index in [0.717, 1.165) is 18.7 Å². The van der Waals surface area contributed by atoms with Crippen LogP contribution in [0.1, 0.15) is 25.0 Å². The summed E-state index contributed by atoms with van der Waals surface area (Å²) >= 11 is 0. The molecular formula is C18H24N2. The van der Waals surface area contributed by atoms with Crippen LogP contribution in [0.4, 0.5) is 11.4 Å². The molecule has 0 aromatic heterocycles. The van der Waals surface area contributed by atoms with Crippen molar-refractivity contribution >= 4 is 11.4 Å². The normalized spacial score (nSPS) is 10.6. The molecule has 2 rings (SSSR count). The third-order valence-corrected chi connectivity index (χ3v) is 3.34. The maximum atomic E-state index is 3.46. The second-order valence-corrected chi connectivity index (χ2v) is 5.60. The van der Waals surface area contributed by atoms with Gasteiger partial charge in [-0.1, -0.05) is 38.1 Å². The van der Waals surface area contributed by atoms with Gasteiger partial charge in [0.15, 0.2) is 0 Å². The van der Waals surface area contributed by atoms with E-state index in [1.807, 2.05) is 7.05 Å². The van der Waals surface area contributed by atoms with E-state index in [0.29, 0.717) is 5.92 Å². The Morgan fingerprint density at radius 3 is 1.90 bits per heavy atom. The highest BCUT2D eigenvalue weighted by Gasteiger charge is 1.99. The minimum Gasteiger partial charge on any atom is -0.388 e. The molecule has 2 N–H and O–H groups in total. The Hall–Kier alpha value is -1.96. The van der Waals surface area contributed by atoms with Gasteiger partial charge in [0.05, 0.1) is 0 Å². The summed E-state index contributed by atoms with van der Waals surface area (Å²) in [7, 11) is 1.94. The third-order valence-electron chi connectivity index (χ3n) is 3.34. The Bertz CT molecular complexity index is 512. The van der Waals surface area contributed by atoms with Crippen LogP contribution in [0, 0.1) is 5.92 Å². The van der Waals surface area contributed by atoms with Gasteiger partial charge in [-0.25, -0.2) is 0 Å². The summed E-state index contributed by atoms with van der Waals surface area (Å²) in [5.41, 5.74) is 5.01. The van der Waals surface area contributed by atoms with Gasteiger partial charge in [0.25, 0.3) is 0 Å². The molecule has 0 spiro atoms. The highest BCUT2D eigenvalue weighted by atomic mass is 14.9. The molecule has 2 heteroatoms. The monoisotopic (exact) mass is 268 g/mol. The molecule has 2 aromatic rings. The van der Waals surface area contributed by atoms with E-state index < -0.39 is 0 Å². The van der Waals surface area contributed by atoms with Gasteiger partial charge in [0.1, 0.15) is 0 Å². The molecule has 20 heavy (non-hydrogen) atoms. The lowest BCUT2D eigenvalue weighted by atomic mass is 10.0. The van der Waals surface area contributed by atoms with Crippen LogP contribution in [-0.4, -0.2) is 7.05 Å². The average Bonchev–Trinajstić information content (AvgIpc) is 2.46. The Morgan fingerprint density at radius 2 is 1.35 bits per heavy atom. The second kappa shape index (κ2) is 6.99. The van der Waals surface area contributed by atoms with Crippen LogP contribution in [0.5, 0.6) is 0 Å². The molecule has 0 radical (unpaired) electrons. The van der Waals surface area contributed by atoms with Crippen LogP contribution in [0.2, 0.25) is 0 Å². The fourth-order valence-corrected chi connectivity index (χ4v) is 2.22. The topological polar surface area (TPSA) is 24.1 Å². The molecule has 106 valence electrons. The summed E-state index contributed by atoms with van der Waals surface area (Å²) in [6, 6.07) is 17.3. The molecule has 0 unspecified atom stereocenters. The Balaban J connectivity index is 1.89. The van der Waals surface area contributed by atoms with Gasteiger partial charge < -0.3 is 10.6 Å². The molecule has 0 fully saturated rings. The molecule has 0 aliphatic rings. The fraction of sp³-hybridized carbons (Fsp3) is 0.333. The Morgan fingerprint density at radius 1 is 0.800 bits per heavy atom.